The maximum Gasteiger partial charge on any atom is 0.223 e. The number of hydrogen-bond acceptors (Lipinski definition) is 3. The van der Waals surface area contributed by atoms with Crippen LogP contribution in [0.4, 0.5) is 0 Å². The Morgan fingerprint density at radius 3 is 2.78 bits per heavy atom. The van der Waals surface area contributed by atoms with E-state index in [-0.39, 0.29) is 16.7 Å². The van der Waals surface area contributed by atoms with Gasteiger partial charge in [0, 0.05) is 7.05 Å². The van der Waals surface area contributed by atoms with Crippen LogP contribution >= 0.6 is 15.9 Å². The van der Waals surface area contributed by atoms with Crippen molar-refractivity contribution < 1.29 is 9.53 Å². The molecular formula is C13H11BrN2O2. The average molecular weight is 307 g/mol. The number of carbonyl (C=O) groups excluding carboxylic acids is 1. The second-order valence-electron chi connectivity index (χ2n) is 4.20. The molecule has 0 radical (unpaired) electrons. The molecule has 0 spiro atoms. The zero-order valence-electron chi connectivity index (χ0n) is 9.71. The molecule has 2 heterocycles. The predicted octanol–water partition coefficient (Wildman–Crippen LogP) is 2.50. The summed E-state index contributed by atoms with van der Waals surface area (Å²) in [5.74, 6) is 0.544. The second kappa shape index (κ2) is 4.24. The van der Waals surface area contributed by atoms with Gasteiger partial charge in [-0.15, -0.1) is 0 Å². The highest BCUT2D eigenvalue weighted by Gasteiger charge is 2.38. The van der Waals surface area contributed by atoms with Gasteiger partial charge in [-0.1, -0.05) is 46.3 Å². The number of Topliss-reactive ketones (excluding diaryl/α,β-unsaturated/α-hetero) is 1. The van der Waals surface area contributed by atoms with Crippen molar-refractivity contribution in [3.8, 4) is 5.88 Å². The van der Waals surface area contributed by atoms with Crippen LogP contribution in [0.15, 0.2) is 36.5 Å². The summed E-state index contributed by atoms with van der Waals surface area (Å²) in [6.45, 7) is 0. The van der Waals surface area contributed by atoms with Crippen LogP contribution in [0, 0.1) is 0 Å². The van der Waals surface area contributed by atoms with E-state index in [9.17, 15) is 4.79 Å². The number of hydrogen-bond donors (Lipinski definition) is 0. The number of aromatic nitrogens is 2. The molecule has 1 aliphatic heterocycles. The third-order valence-corrected chi connectivity index (χ3v) is 3.93. The summed E-state index contributed by atoms with van der Waals surface area (Å²) in [4.78, 5) is 11.9. The molecule has 0 unspecified atom stereocenters. The van der Waals surface area contributed by atoms with Gasteiger partial charge in [0.2, 0.25) is 5.88 Å². The van der Waals surface area contributed by atoms with Crippen molar-refractivity contribution >= 4 is 21.7 Å². The third kappa shape index (κ3) is 1.66. The first kappa shape index (κ1) is 11.5. The summed E-state index contributed by atoms with van der Waals surface area (Å²) < 4.78 is 7.49. The summed E-state index contributed by atoms with van der Waals surface area (Å²) >= 11 is 3.42. The Morgan fingerprint density at radius 2 is 2.06 bits per heavy atom. The maximum atomic E-state index is 12.2. The largest absolute Gasteiger partial charge is 0.467 e. The predicted molar refractivity (Wildman–Crippen MR) is 70.1 cm³/mol. The normalized spacial score (nSPS) is 22.4. The fraction of sp³-hybridized carbons (Fsp3) is 0.231. The van der Waals surface area contributed by atoms with E-state index in [1.165, 1.54) is 0 Å². The van der Waals surface area contributed by atoms with E-state index in [1.54, 1.807) is 17.9 Å². The minimum Gasteiger partial charge on any atom is -0.467 e. The first-order valence-corrected chi connectivity index (χ1v) is 6.52. The first-order valence-electron chi connectivity index (χ1n) is 5.60. The molecule has 0 aliphatic carbocycles. The standard InChI is InChI=1S/C13H11BrN2O2/c1-16-13-9(7-15-16)11(17)10(14)12(18-13)8-5-3-2-4-6-8/h2-7,10,12H,1H3/t10-,12-/m0/s1. The molecule has 0 fully saturated rings. The Bertz CT molecular complexity index is 594. The molecule has 0 amide bonds. The molecule has 0 bridgehead atoms. The Balaban J connectivity index is 2.05. The number of aryl methyl sites for hydroxylation is 1. The Hall–Kier alpha value is -1.62. The van der Waals surface area contributed by atoms with Crippen molar-refractivity contribution in [2.75, 3.05) is 0 Å². The molecule has 1 aromatic carbocycles. The molecule has 4 nitrogen and oxygen atoms in total. The monoisotopic (exact) mass is 306 g/mol. The maximum absolute atomic E-state index is 12.2. The highest BCUT2D eigenvalue weighted by Crippen LogP contribution is 2.37. The lowest BCUT2D eigenvalue weighted by Crippen LogP contribution is -2.32. The van der Waals surface area contributed by atoms with Gasteiger partial charge in [0.15, 0.2) is 5.78 Å². The van der Waals surface area contributed by atoms with E-state index in [4.69, 9.17) is 4.74 Å². The molecule has 1 aromatic heterocycles. The summed E-state index contributed by atoms with van der Waals surface area (Å²) in [5, 5.41) is 4.06. The number of nitrogens with zero attached hydrogens (tertiary/aromatic N) is 2. The lowest BCUT2D eigenvalue weighted by Gasteiger charge is -2.28. The van der Waals surface area contributed by atoms with Gasteiger partial charge in [-0.3, -0.25) is 4.79 Å². The van der Waals surface area contributed by atoms with Crippen molar-refractivity contribution in [3.63, 3.8) is 0 Å². The molecule has 0 saturated heterocycles. The zero-order valence-corrected chi connectivity index (χ0v) is 11.3. The van der Waals surface area contributed by atoms with Gasteiger partial charge in [0.1, 0.15) is 16.5 Å². The molecule has 18 heavy (non-hydrogen) atoms. The van der Waals surface area contributed by atoms with E-state index >= 15 is 0 Å². The Morgan fingerprint density at radius 1 is 1.33 bits per heavy atom. The van der Waals surface area contributed by atoms with E-state index in [0.29, 0.717) is 11.4 Å². The van der Waals surface area contributed by atoms with Gasteiger partial charge in [0.25, 0.3) is 0 Å². The van der Waals surface area contributed by atoms with Crippen molar-refractivity contribution in [2.45, 2.75) is 10.9 Å². The smallest absolute Gasteiger partial charge is 0.223 e. The molecular weight excluding hydrogens is 296 g/mol. The number of fused-ring (bicyclic) bond motifs is 1. The number of carbonyl (C=O) groups is 1. The van der Waals surface area contributed by atoms with E-state index < -0.39 is 0 Å². The highest BCUT2D eigenvalue weighted by atomic mass is 79.9. The lowest BCUT2D eigenvalue weighted by molar-refractivity contribution is 0.0858. The Labute approximate surface area is 113 Å². The fourth-order valence-corrected chi connectivity index (χ4v) is 2.74. The SMILES string of the molecule is Cn1ncc2c1O[C@@H](c1ccccc1)[C@@H](Br)C2=O. The number of alkyl halides is 1. The van der Waals surface area contributed by atoms with Crippen molar-refractivity contribution in [1.82, 2.24) is 9.78 Å². The van der Waals surface area contributed by atoms with Crippen LogP contribution in [0.25, 0.3) is 0 Å². The van der Waals surface area contributed by atoms with E-state index in [0.717, 1.165) is 5.56 Å². The van der Waals surface area contributed by atoms with Crippen molar-refractivity contribution in [3.05, 3.63) is 47.7 Å². The number of halogens is 1. The minimum atomic E-state index is -0.378. The number of rotatable bonds is 1. The quantitative estimate of drug-likeness (QED) is 0.760. The van der Waals surface area contributed by atoms with Crippen LogP contribution in [0.5, 0.6) is 5.88 Å². The van der Waals surface area contributed by atoms with Gasteiger partial charge in [-0.25, -0.2) is 4.68 Å². The molecule has 3 rings (SSSR count). The summed E-state index contributed by atoms with van der Waals surface area (Å²) in [6.07, 6.45) is 1.23. The summed E-state index contributed by atoms with van der Waals surface area (Å²) in [6, 6.07) is 9.71. The Kier molecular flexibility index (Phi) is 2.70. The molecule has 5 heteroatoms. The van der Waals surface area contributed by atoms with Gasteiger partial charge in [-0.2, -0.15) is 5.10 Å². The van der Waals surface area contributed by atoms with Crippen LogP contribution in [-0.4, -0.2) is 20.4 Å². The molecule has 0 N–H and O–H groups in total. The van der Waals surface area contributed by atoms with E-state index in [1.807, 2.05) is 30.3 Å². The first-order chi connectivity index (χ1) is 8.68. The van der Waals surface area contributed by atoms with Crippen molar-refractivity contribution in [2.24, 2.45) is 7.05 Å². The molecule has 92 valence electrons. The second-order valence-corrected chi connectivity index (χ2v) is 5.19. The van der Waals surface area contributed by atoms with Gasteiger partial charge in [-0.05, 0) is 5.56 Å². The third-order valence-electron chi connectivity index (χ3n) is 3.03. The molecule has 2 aromatic rings. The summed E-state index contributed by atoms with van der Waals surface area (Å²) in [7, 11) is 1.77. The highest BCUT2D eigenvalue weighted by molar-refractivity contribution is 9.10. The van der Waals surface area contributed by atoms with Crippen LogP contribution < -0.4 is 4.74 Å². The molecule has 2 atom stereocenters. The van der Waals surface area contributed by atoms with Gasteiger partial charge in [0.05, 0.1) is 6.20 Å². The number of ether oxygens (including phenoxy) is 1. The van der Waals surface area contributed by atoms with Crippen LogP contribution in [-0.2, 0) is 7.05 Å². The fourth-order valence-electron chi connectivity index (χ4n) is 2.08. The van der Waals surface area contributed by atoms with Gasteiger partial charge >= 0.3 is 0 Å². The van der Waals surface area contributed by atoms with Crippen LogP contribution in [0.2, 0.25) is 0 Å². The van der Waals surface area contributed by atoms with Crippen LogP contribution in [0.3, 0.4) is 0 Å². The lowest BCUT2D eigenvalue weighted by atomic mass is 9.99. The molecule has 0 saturated carbocycles. The van der Waals surface area contributed by atoms with Crippen LogP contribution in [0.1, 0.15) is 22.0 Å². The summed E-state index contributed by atoms with van der Waals surface area (Å²) in [5.41, 5.74) is 1.51. The van der Waals surface area contributed by atoms with Gasteiger partial charge < -0.3 is 4.74 Å². The average Bonchev–Trinajstić information content (AvgIpc) is 2.77. The topological polar surface area (TPSA) is 44.1 Å². The van der Waals surface area contributed by atoms with Crippen molar-refractivity contribution in [1.29, 1.82) is 0 Å². The minimum absolute atomic E-state index is 0.0122. The molecule has 1 aliphatic rings. The number of benzene rings is 1. The zero-order chi connectivity index (χ0) is 12.7. The number of ketones is 1. The van der Waals surface area contributed by atoms with E-state index in [2.05, 4.69) is 21.0 Å².